The lowest BCUT2D eigenvalue weighted by Crippen LogP contribution is -2.13. The number of nitrogens with one attached hydrogen (secondary N) is 2. The van der Waals surface area contributed by atoms with E-state index >= 15 is 0 Å². The van der Waals surface area contributed by atoms with E-state index in [2.05, 4.69) is 32.6 Å². The molecule has 0 spiro atoms. The highest BCUT2D eigenvalue weighted by molar-refractivity contribution is 6.03. The van der Waals surface area contributed by atoms with Gasteiger partial charge in [-0.1, -0.05) is 12.0 Å². The van der Waals surface area contributed by atoms with Crippen molar-refractivity contribution in [2.75, 3.05) is 10.6 Å². The summed E-state index contributed by atoms with van der Waals surface area (Å²) in [6.45, 7) is 1.60. The number of aromatic nitrogens is 3. The van der Waals surface area contributed by atoms with Gasteiger partial charge in [-0.25, -0.2) is 9.50 Å². The summed E-state index contributed by atoms with van der Waals surface area (Å²) in [6.07, 6.45) is 3.50. The number of carbonyl (C=O) groups is 2. The predicted molar refractivity (Wildman–Crippen MR) is 103 cm³/mol. The lowest BCUT2D eigenvalue weighted by atomic mass is 10.3. The molecule has 0 bridgehead atoms. The molecule has 0 saturated heterocycles. The molecular weight excluding hydrogens is 358 g/mol. The Morgan fingerprint density at radius 2 is 2.07 bits per heavy atom. The molecule has 1 aliphatic rings. The molecule has 1 aliphatic carbocycles. The minimum atomic E-state index is -0.390. The van der Waals surface area contributed by atoms with Gasteiger partial charge in [0.05, 0.1) is 6.20 Å². The summed E-state index contributed by atoms with van der Waals surface area (Å²) in [5.41, 5.74) is 1.16. The van der Waals surface area contributed by atoms with Crippen molar-refractivity contribution in [2.24, 2.45) is 5.92 Å². The first-order chi connectivity index (χ1) is 13.6. The van der Waals surface area contributed by atoms with Gasteiger partial charge in [-0.3, -0.25) is 9.59 Å². The lowest BCUT2D eigenvalue weighted by Gasteiger charge is -2.07. The summed E-state index contributed by atoms with van der Waals surface area (Å²) in [4.78, 5) is 27.8. The molecule has 2 aromatic heterocycles. The maximum Gasteiger partial charge on any atom is 0.300 e. The Kier molecular flexibility index (Phi) is 4.64. The van der Waals surface area contributed by atoms with Crippen molar-refractivity contribution < 1.29 is 14.3 Å². The van der Waals surface area contributed by atoms with Crippen LogP contribution in [0.15, 0.2) is 42.6 Å². The second kappa shape index (κ2) is 7.40. The van der Waals surface area contributed by atoms with E-state index in [4.69, 9.17) is 4.74 Å². The zero-order valence-electron chi connectivity index (χ0n) is 15.1. The average molecular weight is 375 g/mol. The van der Waals surface area contributed by atoms with Crippen LogP contribution in [0.3, 0.4) is 0 Å². The van der Waals surface area contributed by atoms with Crippen LogP contribution >= 0.6 is 0 Å². The van der Waals surface area contributed by atoms with Gasteiger partial charge in [0, 0.05) is 23.7 Å². The number of anilines is 2. The number of rotatable bonds is 5. The Bertz CT molecular complexity index is 1120. The van der Waals surface area contributed by atoms with E-state index < -0.39 is 5.91 Å². The third-order valence-corrected chi connectivity index (χ3v) is 4.05. The molecule has 2 N–H and O–H groups in total. The molecule has 2 heterocycles. The third kappa shape index (κ3) is 4.10. The van der Waals surface area contributed by atoms with Crippen LogP contribution in [0, 0.1) is 17.8 Å². The highest BCUT2D eigenvalue weighted by atomic mass is 16.5. The standard InChI is InChI=1S/C20H17N5O3/c1-2-4-18(26)21-14-5-3-6-15(11-14)28-19-10-9-17-22-16(12-25(17)24-19)23-20(27)13-7-8-13/h3,5-6,9-13H,7-8H2,1H3,(H,21,26)(H,23,27). The first-order valence-electron chi connectivity index (χ1n) is 8.80. The molecule has 0 aliphatic heterocycles. The van der Waals surface area contributed by atoms with Crippen molar-refractivity contribution in [3.05, 3.63) is 42.6 Å². The van der Waals surface area contributed by atoms with E-state index in [1.807, 2.05) is 0 Å². The molecule has 3 aromatic rings. The molecule has 8 nitrogen and oxygen atoms in total. The van der Waals surface area contributed by atoms with Gasteiger partial charge in [-0.05, 0) is 43.9 Å². The predicted octanol–water partition coefficient (Wildman–Crippen LogP) is 2.83. The largest absolute Gasteiger partial charge is 0.438 e. The van der Waals surface area contributed by atoms with Crippen molar-refractivity contribution in [1.82, 2.24) is 14.6 Å². The van der Waals surface area contributed by atoms with E-state index in [-0.39, 0.29) is 11.8 Å². The van der Waals surface area contributed by atoms with Crippen molar-refractivity contribution in [3.8, 4) is 23.5 Å². The molecule has 2 amide bonds. The maximum absolute atomic E-state index is 11.9. The second-order valence-electron chi connectivity index (χ2n) is 6.32. The SMILES string of the molecule is CC#CC(=O)Nc1cccc(Oc2ccc3nc(NC(=O)C4CC4)cn3n2)c1. The number of hydrogen-bond acceptors (Lipinski definition) is 5. The number of fused-ring (bicyclic) bond motifs is 1. The highest BCUT2D eigenvalue weighted by Crippen LogP contribution is 2.30. The maximum atomic E-state index is 11.9. The lowest BCUT2D eigenvalue weighted by molar-refractivity contribution is -0.117. The number of hydrogen-bond donors (Lipinski definition) is 2. The zero-order valence-corrected chi connectivity index (χ0v) is 15.1. The molecule has 1 aromatic carbocycles. The quantitative estimate of drug-likeness (QED) is 0.669. The first kappa shape index (κ1) is 17.5. The van der Waals surface area contributed by atoms with E-state index in [9.17, 15) is 9.59 Å². The summed E-state index contributed by atoms with van der Waals surface area (Å²) in [5.74, 6) is 5.99. The van der Waals surface area contributed by atoms with Crippen molar-refractivity contribution in [3.63, 3.8) is 0 Å². The van der Waals surface area contributed by atoms with Crippen LogP contribution in [0.25, 0.3) is 5.65 Å². The summed E-state index contributed by atoms with van der Waals surface area (Å²) in [5, 5.41) is 9.81. The smallest absolute Gasteiger partial charge is 0.300 e. The highest BCUT2D eigenvalue weighted by Gasteiger charge is 2.30. The second-order valence-corrected chi connectivity index (χ2v) is 6.32. The zero-order chi connectivity index (χ0) is 19.5. The Hall–Kier alpha value is -3.86. The van der Waals surface area contributed by atoms with Gasteiger partial charge in [0.15, 0.2) is 11.5 Å². The van der Waals surface area contributed by atoms with E-state index in [1.165, 1.54) is 0 Å². The summed E-state index contributed by atoms with van der Waals surface area (Å²) in [6, 6.07) is 10.4. The first-order valence-corrected chi connectivity index (χ1v) is 8.80. The number of ether oxygens (including phenoxy) is 1. The molecule has 140 valence electrons. The summed E-state index contributed by atoms with van der Waals surface area (Å²) >= 11 is 0. The molecule has 1 fully saturated rings. The number of imidazole rings is 1. The van der Waals surface area contributed by atoms with Gasteiger partial charge in [0.1, 0.15) is 5.75 Å². The van der Waals surface area contributed by atoms with Gasteiger partial charge in [-0.2, -0.15) is 0 Å². The summed E-state index contributed by atoms with van der Waals surface area (Å²) < 4.78 is 7.31. The Balaban J connectivity index is 1.49. The molecule has 8 heteroatoms. The number of carbonyl (C=O) groups excluding carboxylic acids is 2. The third-order valence-electron chi connectivity index (χ3n) is 4.05. The van der Waals surface area contributed by atoms with Gasteiger partial charge < -0.3 is 15.4 Å². The molecule has 28 heavy (non-hydrogen) atoms. The van der Waals surface area contributed by atoms with Crippen LogP contribution in [-0.2, 0) is 9.59 Å². The van der Waals surface area contributed by atoms with Crippen LogP contribution in [0.1, 0.15) is 19.8 Å². The van der Waals surface area contributed by atoms with Gasteiger partial charge >= 0.3 is 0 Å². The van der Waals surface area contributed by atoms with Crippen molar-refractivity contribution >= 4 is 29.0 Å². The molecule has 4 rings (SSSR count). The molecular formula is C20H17N5O3. The summed E-state index contributed by atoms with van der Waals surface area (Å²) in [7, 11) is 0. The van der Waals surface area contributed by atoms with Gasteiger partial charge in [0.2, 0.25) is 11.8 Å². The number of amides is 2. The minimum Gasteiger partial charge on any atom is -0.438 e. The van der Waals surface area contributed by atoms with Gasteiger partial charge in [-0.15, -0.1) is 5.10 Å². The monoisotopic (exact) mass is 375 g/mol. The number of benzene rings is 1. The minimum absolute atomic E-state index is 0.00787. The van der Waals surface area contributed by atoms with Crippen LogP contribution in [0.5, 0.6) is 11.6 Å². The Morgan fingerprint density at radius 1 is 1.21 bits per heavy atom. The normalized spacial score (nSPS) is 12.8. The number of nitrogens with zero attached hydrogens (tertiary/aromatic N) is 3. The van der Waals surface area contributed by atoms with Crippen molar-refractivity contribution in [1.29, 1.82) is 0 Å². The average Bonchev–Trinajstić information content (AvgIpc) is 3.43. The van der Waals surface area contributed by atoms with E-state index in [0.29, 0.717) is 28.8 Å². The van der Waals surface area contributed by atoms with Crippen LogP contribution < -0.4 is 15.4 Å². The fourth-order valence-corrected chi connectivity index (χ4v) is 2.59. The van der Waals surface area contributed by atoms with Crippen LogP contribution in [0.2, 0.25) is 0 Å². The Morgan fingerprint density at radius 3 is 2.86 bits per heavy atom. The fourth-order valence-electron chi connectivity index (χ4n) is 2.59. The van der Waals surface area contributed by atoms with E-state index in [0.717, 1.165) is 12.8 Å². The van der Waals surface area contributed by atoms with Crippen molar-refractivity contribution in [2.45, 2.75) is 19.8 Å². The van der Waals surface area contributed by atoms with Crippen LogP contribution in [0.4, 0.5) is 11.5 Å². The topological polar surface area (TPSA) is 97.6 Å². The fraction of sp³-hybridized carbons (Fsp3) is 0.200. The van der Waals surface area contributed by atoms with Gasteiger partial charge in [0.25, 0.3) is 5.91 Å². The Labute approximate surface area is 160 Å². The van der Waals surface area contributed by atoms with Crippen LogP contribution in [-0.4, -0.2) is 26.4 Å². The van der Waals surface area contributed by atoms with E-state index in [1.54, 1.807) is 54.0 Å². The molecule has 0 unspecified atom stereocenters. The molecule has 1 saturated carbocycles. The molecule has 0 radical (unpaired) electrons. The molecule has 0 atom stereocenters.